The van der Waals surface area contributed by atoms with Crippen LogP contribution in [0.4, 0.5) is 5.82 Å². The molecule has 1 aromatic rings. The summed E-state index contributed by atoms with van der Waals surface area (Å²) in [5, 5.41) is 0. The monoisotopic (exact) mass is 193 g/mol. The Labute approximate surface area is 83.3 Å². The Balaban J connectivity index is 3.06. The lowest BCUT2D eigenvalue weighted by Gasteiger charge is -2.16. The van der Waals surface area contributed by atoms with E-state index >= 15 is 0 Å². The van der Waals surface area contributed by atoms with Crippen molar-refractivity contribution in [1.82, 2.24) is 4.98 Å². The second-order valence-corrected chi connectivity index (χ2v) is 3.63. The largest absolute Gasteiger partial charge is 0.383 e. The average Bonchev–Trinajstić information content (AvgIpc) is 2.17. The number of anilines is 1. The van der Waals surface area contributed by atoms with Crippen molar-refractivity contribution in [3.05, 3.63) is 23.4 Å². The molecule has 1 atom stereocenters. The first-order chi connectivity index (χ1) is 6.56. The highest BCUT2D eigenvalue weighted by atomic mass is 16.1. The smallest absolute Gasteiger partial charge is 0.153 e. The Bertz CT molecular complexity index is 336. The molecule has 0 saturated carbocycles. The number of carbonyl (C=O) groups is 1. The number of carbonyl (C=O) groups excluding carboxylic acids is 1. The second-order valence-electron chi connectivity index (χ2n) is 3.63. The van der Waals surface area contributed by atoms with Crippen molar-refractivity contribution in [2.24, 2.45) is 11.7 Å². The number of hydrogen-bond donors (Lipinski definition) is 2. The molecule has 0 unspecified atom stereocenters. The summed E-state index contributed by atoms with van der Waals surface area (Å²) >= 11 is 0. The molecule has 1 heterocycles. The number of nitrogen functional groups attached to an aromatic ring is 1. The average molecular weight is 193 g/mol. The van der Waals surface area contributed by atoms with Crippen molar-refractivity contribution in [2.75, 3.05) is 5.73 Å². The zero-order valence-electron chi connectivity index (χ0n) is 8.40. The fourth-order valence-corrected chi connectivity index (χ4v) is 1.17. The molecular weight excluding hydrogens is 178 g/mol. The predicted molar refractivity (Wildman–Crippen MR) is 55.8 cm³/mol. The molecule has 0 spiro atoms. The van der Waals surface area contributed by atoms with E-state index in [-0.39, 0.29) is 11.9 Å². The van der Waals surface area contributed by atoms with Gasteiger partial charge in [-0.05, 0) is 17.5 Å². The van der Waals surface area contributed by atoms with Crippen molar-refractivity contribution in [1.29, 1.82) is 0 Å². The lowest BCUT2D eigenvalue weighted by Crippen LogP contribution is -2.17. The quantitative estimate of drug-likeness (QED) is 0.705. The molecule has 4 N–H and O–H groups in total. The fraction of sp³-hybridized carbons (Fsp3) is 0.400. The number of hydrogen-bond acceptors (Lipinski definition) is 4. The zero-order chi connectivity index (χ0) is 10.7. The van der Waals surface area contributed by atoms with Gasteiger partial charge in [-0.2, -0.15) is 0 Å². The molecule has 14 heavy (non-hydrogen) atoms. The Hall–Kier alpha value is -1.42. The van der Waals surface area contributed by atoms with Crippen LogP contribution < -0.4 is 11.5 Å². The second kappa shape index (κ2) is 4.19. The molecule has 4 nitrogen and oxygen atoms in total. The van der Waals surface area contributed by atoms with E-state index in [1.807, 2.05) is 13.8 Å². The van der Waals surface area contributed by atoms with E-state index in [9.17, 15) is 4.79 Å². The lowest BCUT2D eigenvalue weighted by molar-refractivity contribution is 0.112. The van der Waals surface area contributed by atoms with Gasteiger partial charge in [0, 0.05) is 12.2 Å². The van der Waals surface area contributed by atoms with Gasteiger partial charge in [-0.1, -0.05) is 13.8 Å². The van der Waals surface area contributed by atoms with E-state index < -0.39 is 0 Å². The van der Waals surface area contributed by atoms with Gasteiger partial charge in [0.05, 0.1) is 5.56 Å². The molecule has 0 aromatic carbocycles. The summed E-state index contributed by atoms with van der Waals surface area (Å²) in [6.45, 7) is 4.03. The van der Waals surface area contributed by atoms with E-state index in [1.165, 1.54) is 0 Å². The third kappa shape index (κ3) is 2.09. The van der Waals surface area contributed by atoms with Crippen LogP contribution in [0.3, 0.4) is 0 Å². The molecule has 4 heteroatoms. The molecule has 76 valence electrons. The summed E-state index contributed by atoms with van der Waals surface area (Å²) in [5.74, 6) is 0.555. The topological polar surface area (TPSA) is 82.0 Å². The molecule has 0 bridgehead atoms. The predicted octanol–water partition coefficient (Wildman–Crippen LogP) is 1.13. The molecule has 0 radical (unpaired) electrons. The van der Waals surface area contributed by atoms with Crippen molar-refractivity contribution in [2.45, 2.75) is 19.9 Å². The lowest BCUT2D eigenvalue weighted by atomic mass is 9.97. The number of nitrogens with two attached hydrogens (primary N) is 2. The molecule has 0 fully saturated rings. The Kier molecular flexibility index (Phi) is 3.19. The van der Waals surface area contributed by atoms with Gasteiger partial charge in [-0.25, -0.2) is 4.98 Å². The summed E-state index contributed by atoms with van der Waals surface area (Å²) in [5.41, 5.74) is 12.7. The van der Waals surface area contributed by atoms with Crippen molar-refractivity contribution < 1.29 is 4.79 Å². The maximum atomic E-state index is 10.6. The van der Waals surface area contributed by atoms with Crippen LogP contribution in [0.15, 0.2) is 12.3 Å². The first-order valence-electron chi connectivity index (χ1n) is 4.52. The summed E-state index contributed by atoms with van der Waals surface area (Å²) in [6, 6.07) is 1.58. The van der Waals surface area contributed by atoms with Crippen LogP contribution in [0.5, 0.6) is 0 Å². The van der Waals surface area contributed by atoms with E-state index in [2.05, 4.69) is 4.98 Å². The van der Waals surface area contributed by atoms with Gasteiger partial charge in [0.25, 0.3) is 0 Å². The highest BCUT2D eigenvalue weighted by molar-refractivity contribution is 5.81. The third-order valence-electron chi connectivity index (χ3n) is 2.20. The van der Waals surface area contributed by atoms with E-state index in [4.69, 9.17) is 11.5 Å². The maximum absolute atomic E-state index is 10.6. The zero-order valence-corrected chi connectivity index (χ0v) is 8.40. The van der Waals surface area contributed by atoms with E-state index in [0.29, 0.717) is 17.8 Å². The molecule has 0 aliphatic heterocycles. The fourth-order valence-electron chi connectivity index (χ4n) is 1.17. The molecule has 0 amide bonds. The first kappa shape index (κ1) is 10.7. The van der Waals surface area contributed by atoms with Crippen molar-refractivity contribution >= 4 is 12.1 Å². The summed E-state index contributed by atoms with van der Waals surface area (Å²) < 4.78 is 0. The van der Waals surface area contributed by atoms with Crippen molar-refractivity contribution in [3.8, 4) is 0 Å². The van der Waals surface area contributed by atoms with Gasteiger partial charge in [0.2, 0.25) is 0 Å². The van der Waals surface area contributed by atoms with Gasteiger partial charge in [0.15, 0.2) is 6.29 Å². The summed E-state index contributed by atoms with van der Waals surface area (Å²) in [4.78, 5) is 14.5. The van der Waals surface area contributed by atoms with Gasteiger partial charge in [-0.15, -0.1) is 0 Å². The molecule has 0 aliphatic rings. The molecular formula is C10H15N3O. The summed E-state index contributed by atoms with van der Waals surface area (Å²) in [7, 11) is 0. The van der Waals surface area contributed by atoms with Crippen LogP contribution in [0.25, 0.3) is 0 Å². The van der Waals surface area contributed by atoms with E-state index in [0.717, 1.165) is 5.56 Å². The number of rotatable bonds is 3. The Morgan fingerprint density at radius 1 is 1.50 bits per heavy atom. The minimum atomic E-state index is -0.109. The Morgan fingerprint density at radius 3 is 2.64 bits per heavy atom. The van der Waals surface area contributed by atoms with Crippen LogP contribution in [0.1, 0.15) is 35.8 Å². The van der Waals surface area contributed by atoms with E-state index in [1.54, 1.807) is 12.3 Å². The number of nitrogens with zero attached hydrogens (tertiary/aromatic N) is 1. The normalized spacial score (nSPS) is 12.9. The minimum Gasteiger partial charge on any atom is -0.383 e. The third-order valence-corrected chi connectivity index (χ3v) is 2.20. The highest BCUT2D eigenvalue weighted by Crippen LogP contribution is 2.20. The minimum absolute atomic E-state index is 0.109. The maximum Gasteiger partial charge on any atom is 0.153 e. The van der Waals surface area contributed by atoms with Gasteiger partial charge >= 0.3 is 0 Å². The standard InChI is InChI=1S/C10H15N3O/c1-6(2)9(11)7-3-8(5-14)10(12)13-4-7/h3-6,9H,11H2,1-2H3,(H2,12,13)/t9-/m1/s1. The van der Waals surface area contributed by atoms with Crippen LogP contribution in [0.2, 0.25) is 0 Å². The van der Waals surface area contributed by atoms with Gasteiger partial charge in [0.1, 0.15) is 5.82 Å². The Morgan fingerprint density at radius 2 is 2.14 bits per heavy atom. The summed E-state index contributed by atoms with van der Waals surface area (Å²) in [6.07, 6.45) is 2.31. The number of pyridine rings is 1. The van der Waals surface area contributed by atoms with Crippen LogP contribution in [-0.2, 0) is 0 Å². The molecule has 0 saturated heterocycles. The SMILES string of the molecule is CC(C)[C@@H](N)c1cnc(N)c(C=O)c1. The molecule has 1 aromatic heterocycles. The van der Waals surface area contributed by atoms with Crippen LogP contribution in [-0.4, -0.2) is 11.3 Å². The van der Waals surface area contributed by atoms with Crippen LogP contribution in [0, 0.1) is 5.92 Å². The molecule has 1 rings (SSSR count). The molecule has 0 aliphatic carbocycles. The van der Waals surface area contributed by atoms with Crippen molar-refractivity contribution in [3.63, 3.8) is 0 Å². The van der Waals surface area contributed by atoms with Crippen LogP contribution >= 0.6 is 0 Å². The van der Waals surface area contributed by atoms with Gasteiger partial charge in [-0.3, -0.25) is 4.79 Å². The number of aldehydes is 1. The number of aromatic nitrogens is 1. The van der Waals surface area contributed by atoms with Gasteiger partial charge < -0.3 is 11.5 Å². The first-order valence-corrected chi connectivity index (χ1v) is 4.52. The highest BCUT2D eigenvalue weighted by Gasteiger charge is 2.12.